The second kappa shape index (κ2) is 10.2. The zero-order chi connectivity index (χ0) is 13.1. The SMILES string of the molecule is CC.O=CCCN1CCN(CCC(=O)O)CC1. The summed E-state index contributed by atoms with van der Waals surface area (Å²) in [6, 6.07) is 0. The molecule has 0 unspecified atom stereocenters. The maximum absolute atomic E-state index is 10.4. The third-order valence-electron chi connectivity index (χ3n) is 2.67. The highest BCUT2D eigenvalue weighted by Gasteiger charge is 2.16. The van der Waals surface area contributed by atoms with Gasteiger partial charge in [0.05, 0.1) is 6.42 Å². The summed E-state index contributed by atoms with van der Waals surface area (Å²) < 4.78 is 0. The number of carbonyl (C=O) groups is 2. The van der Waals surface area contributed by atoms with E-state index in [0.717, 1.165) is 39.0 Å². The van der Waals surface area contributed by atoms with Crippen LogP contribution in [0.25, 0.3) is 0 Å². The average Bonchev–Trinajstić information content (AvgIpc) is 2.37. The Kier molecular flexibility index (Phi) is 9.66. The number of carboxylic acid groups (broad SMARTS) is 1. The Morgan fingerprint density at radius 2 is 1.59 bits per heavy atom. The van der Waals surface area contributed by atoms with E-state index in [2.05, 4.69) is 9.80 Å². The Balaban J connectivity index is 0.00000121. The molecule has 1 N–H and O–H groups in total. The van der Waals surface area contributed by atoms with Crippen molar-refractivity contribution < 1.29 is 14.7 Å². The van der Waals surface area contributed by atoms with Gasteiger partial charge in [0, 0.05) is 45.7 Å². The Morgan fingerprint density at radius 1 is 1.12 bits per heavy atom. The van der Waals surface area contributed by atoms with Gasteiger partial charge in [0.25, 0.3) is 0 Å². The van der Waals surface area contributed by atoms with Crippen molar-refractivity contribution in [1.29, 1.82) is 0 Å². The lowest BCUT2D eigenvalue weighted by atomic mass is 10.2. The van der Waals surface area contributed by atoms with E-state index in [0.29, 0.717) is 13.0 Å². The fourth-order valence-electron chi connectivity index (χ4n) is 1.73. The first-order valence-corrected chi connectivity index (χ1v) is 6.32. The van der Waals surface area contributed by atoms with Crippen molar-refractivity contribution >= 4 is 12.3 Å². The van der Waals surface area contributed by atoms with Crippen LogP contribution in [0, 0.1) is 0 Å². The molecule has 0 aromatic carbocycles. The predicted molar refractivity (Wildman–Crippen MR) is 67.2 cm³/mol. The van der Waals surface area contributed by atoms with E-state index in [-0.39, 0.29) is 6.42 Å². The zero-order valence-electron chi connectivity index (χ0n) is 10.9. The van der Waals surface area contributed by atoms with Gasteiger partial charge in [-0.25, -0.2) is 0 Å². The van der Waals surface area contributed by atoms with Crippen LogP contribution in [0.3, 0.4) is 0 Å². The largest absolute Gasteiger partial charge is 0.481 e. The highest BCUT2D eigenvalue weighted by molar-refractivity contribution is 5.66. The van der Waals surface area contributed by atoms with E-state index in [1.54, 1.807) is 0 Å². The van der Waals surface area contributed by atoms with Crippen LogP contribution in [-0.4, -0.2) is 66.4 Å². The van der Waals surface area contributed by atoms with Gasteiger partial charge in [-0.1, -0.05) is 13.8 Å². The van der Waals surface area contributed by atoms with Gasteiger partial charge < -0.3 is 19.7 Å². The number of piperazine rings is 1. The molecule has 0 spiro atoms. The number of aliphatic carboxylic acids is 1. The highest BCUT2D eigenvalue weighted by Crippen LogP contribution is 2.02. The lowest BCUT2D eigenvalue weighted by Gasteiger charge is -2.34. The number of aldehydes is 1. The normalized spacial score (nSPS) is 17.1. The predicted octanol–water partition coefficient (Wildman–Crippen LogP) is 0.694. The summed E-state index contributed by atoms with van der Waals surface area (Å²) >= 11 is 0. The molecule has 1 aliphatic rings. The van der Waals surface area contributed by atoms with E-state index in [1.165, 1.54) is 0 Å². The summed E-state index contributed by atoms with van der Waals surface area (Å²) in [4.78, 5) is 25.0. The molecule has 0 bridgehead atoms. The van der Waals surface area contributed by atoms with Crippen LogP contribution >= 0.6 is 0 Å². The Bertz CT molecular complexity index is 214. The molecule has 0 aromatic heterocycles. The van der Waals surface area contributed by atoms with Crippen molar-refractivity contribution in [3.63, 3.8) is 0 Å². The number of hydrogen-bond acceptors (Lipinski definition) is 4. The number of carbonyl (C=O) groups excluding carboxylic acids is 1. The van der Waals surface area contributed by atoms with Gasteiger partial charge in [-0.2, -0.15) is 0 Å². The summed E-state index contributed by atoms with van der Waals surface area (Å²) in [5.74, 6) is -0.738. The second-order valence-electron chi connectivity index (χ2n) is 3.78. The lowest BCUT2D eigenvalue weighted by molar-refractivity contribution is -0.137. The zero-order valence-corrected chi connectivity index (χ0v) is 10.9. The molecule has 17 heavy (non-hydrogen) atoms. The van der Waals surface area contributed by atoms with Gasteiger partial charge in [-0.3, -0.25) is 4.79 Å². The van der Waals surface area contributed by atoms with Crippen molar-refractivity contribution in [3.8, 4) is 0 Å². The number of nitrogens with zero attached hydrogens (tertiary/aromatic N) is 2. The first kappa shape index (κ1) is 16.1. The van der Waals surface area contributed by atoms with Crippen LogP contribution < -0.4 is 0 Å². The highest BCUT2D eigenvalue weighted by atomic mass is 16.4. The third-order valence-corrected chi connectivity index (χ3v) is 2.67. The lowest BCUT2D eigenvalue weighted by Crippen LogP contribution is -2.47. The smallest absolute Gasteiger partial charge is 0.304 e. The fraction of sp³-hybridized carbons (Fsp3) is 0.833. The molecule has 100 valence electrons. The number of carboxylic acids is 1. The Labute approximate surface area is 103 Å². The van der Waals surface area contributed by atoms with Crippen LogP contribution in [0.1, 0.15) is 26.7 Å². The summed E-state index contributed by atoms with van der Waals surface area (Å²) in [6.45, 7) is 9.16. The van der Waals surface area contributed by atoms with Crippen LogP contribution in [0.2, 0.25) is 0 Å². The average molecular weight is 244 g/mol. The minimum Gasteiger partial charge on any atom is -0.481 e. The summed E-state index contributed by atoms with van der Waals surface area (Å²) in [5, 5.41) is 8.54. The van der Waals surface area contributed by atoms with Crippen LogP contribution in [0.15, 0.2) is 0 Å². The van der Waals surface area contributed by atoms with E-state index in [9.17, 15) is 9.59 Å². The number of rotatable bonds is 6. The maximum Gasteiger partial charge on any atom is 0.304 e. The Morgan fingerprint density at radius 3 is 2.00 bits per heavy atom. The molecule has 0 atom stereocenters. The topological polar surface area (TPSA) is 60.9 Å². The molecule has 5 nitrogen and oxygen atoms in total. The maximum atomic E-state index is 10.4. The molecule has 5 heteroatoms. The van der Waals surface area contributed by atoms with Crippen molar-refractivity contribution in [3.05, 3.63) is 0 Å². The Hall–Kier alpha value is -0.940. The van der Waals surface area contributed by atoms with Gasteiger partial charge in [0.15, 0.2) is 0 Å². The van der Waals surface area contributed by atoms with Gasteiger partial charge in [0.2, 0.25) is 0 Å². The molecule has 0 radical (unpaired) electrons. The quantitative estimate of drug-likeness (QED) is 0.697. The van der Waals surface area contributed by atoms with Gasteiger partial charge >= 0.3 is 5.97 Å². The van der Waals surface area contributed by atoms with E-state index in [1.807, 2.05) is 13.8 Å². The first-order chi connectivity index (χ1) is 8.22. The first-order valence-electron chi connectivity index (χ1n) is 6.32. The molecule has 1 aliphatic heterocycles. The van der Waals surface area contributed by atoms with Gasteiger partial charge in [-0.15, -0.1) is 0 Å². The standard InChI is InChI=1S/C10H18N2O3.C2H6/c13-9-1-3-11-5-7-12(8-6-11)4-2-10(14)15;1-2/h9H,1-8H2,(H,14,15);1-2H3. The van der Waals surface area contributed by atoms with Crippen LogP contribution in [0.4, 0.5) is 0 Å². The van der Waals surface area contributed by atoms with E-state index in [4.69, 9.17) is 5.11 Å². The van der Waals surface area contributed by atoms with E-state index < -0.39 is 5.97 Å². The molecule has 1 heterocycles. The fourth-order valence-corrected chi connectivity index (χ4v) is 1.73. The summed E-state index contributed by atoms with van der Waals surface area (Å²) in [6.07, 6.45) is 1.75. The van der Waals surface area contributed by atoms with Gasteiger partial charge in [0.1, 0.15) is 6.29 Å². The van der Waals surface area contributed by atoms with Gasteiger partial charge in [-0.05, 0) is 0 Å². The molecular weight excluding hydrogens is 220 g/mol. The molecule has 0 amide bonds. The van der Waals surface area contributed by atoms with E-state index >= 15 is 0 Å². The van der Waals surface area contributed by atoms with Crippen LogP contribution in [-0.2, 0) is 9.59 Å². The van der Waals surface area contributed by atoms with Crippen molar-refractivity contribution in [2.24, 2.45) is 0 Å². The summed E-state index contributed by atoms with van der Waals surface area (Å²) in [7, 11) is 0. The van der Waals surface area contributed by atoms with Crippen LogP contribution in [0.5, 0.6) is 0 Å². The van der Waals surface area contributed by atoms with Crippen molar-refractivity contribution in [1.82, 2.24) is 9.80 Å². The monoisotopic (exact) mass is 244 g/mol. The second-order valence-corrected chi connectivity index (χ2v) is 3.78. The molecule has 1 fully saturated rings. The van der Waals surface area contributed by atoms with Crippen molar-refractivity contribution in [2.75, 3.05) is 39.3 Å². The number of hydrogen-bond donors (Lipinski definition) is 1. The molecule has 0 aromatic rings. The third kappa shape index (κ3) is 7.88. The minimum absolute atomic E-state index is 0.217. The molecule has 1 rings (SSSR count). The molecule has 0 aliphatic carbocycles. The minimum atomic E-state index is -0.738. The molecule has 1 saturated heterocycles. The van der Waals surface area contributed by atoms with Crippen molar-refractivity contribution in [2.45, 2.75) is 26.7 Å². The summed E-state index contributed by atoms with van der Waals surface area (Å²) in [5.41, 5.74) is 0. The molecular formula is C12H24N2O3. The molecule has 0 saturated carbocycles.